The minimum atomic E-state index is -1.18. The van der Waals surface area contributed by atoms with Gasteiger partial charge in [-0.05, 0) is 18.4 Å². The van der Waals surface area contributed by atoms with Gasteiger partial charge in [0.05, 0.1) is 6.04 Å². The Morgan fingerprint density at radius 2 is 1.96 bits per heavy atom. The highest BCUT2D eigenvalue weighted by molar-refractivity contribution is 5.94. The molecule has 2 aromatic rings. The monoisotopic (exact) mass is 315 g/mol. The zero-order valence-electron chi connectivity index (χ0n) is 12.7. The summed E-state index contributed by atoms with van der Waals surface area (Å²) in [5.41, 5.74) is 0.990. The van der Waals surface area contributed by atoms with Gasteiger partial charge < -0.3 is 4.74 Å². The summed E-state index contributed by atoms with van der Waals surface area (Å²) in [4.78, 5) is 16.7. The Hall–Kier alpha value is -2.08. The summed E-state index contributed by atoms with van der Waals surface area (Å²) in [7, 11) is 0. The van der Waals surface area contributed by atoms with Crippen LogP contribution in [0.3, 0.4) is 0 Å². The molecule has 0 spiro atoms. The lowest BCUT2D eigenvalue weighted by atomic mass is 9.95. The van der Waals surface area contributed by atoms with E-state index in [4.69, 9.17) is 4.74 Å². The molecule has 2 aliphatic rings. The van der Waals surface area contributed by atoms with E-state index in [1.807, 2.05) is 30.3 Å². The largest absolute Gasteiger partial charge is 0.381 e. The number of nitrogens with zero attached hydrogens (tertiary/aromatic N) is 3. The molecule has 1 saturated heterocycles. The normalized spacial score (nSPS) is 24.6. The predicted octanol–water partition coefficient (Wildman–Crippen LogP) is 2.89. The molecule has 6 heteroatoms. The highest BCUT2D eigenvalue weighted by atomic mass is 19.1. The molecular formula is C17H18FN3O2. The van der Waals surface area contributed by atoms with Crippen molar-refractivity contribution in [2.75, 3.05) is 13.2 Å². The number of rotatable bonds is 3. The first kappa shape index (κ1) is 14.5. The second-order valence-corrected chi connectivity index (χ2v) is 6.12. The van der Waals surface area contributed by atoms with Crippen molar-refractivity contribution in [3.05, 3.63) is 47.5 Å². The maximum Gasteiger partial charge on any atom is 0.217 e. The van der Waals surface area contributed by atoms with Crippen LogP contribution in [0, 0.1) is 5.92 Å². The molecule has 2 atom stereocenters. The lowest BCUT2D eigenvalue weighted by Gasteiger charge is -2.19. The Balaban J connectivity index is 1.64. The van der Waals surface area contributed by atoms with E-state index in [9.17, 15) is 9.18 Å². The number of alkyl halides is 1. The van der Waals surface area contributed by atoms with Gasteiger partial charge in [-0.1, -0.05) is 30.3 Å². The van der Waals surface area contributed by atoms with E-state index < -0.39 is 6.17 Å². The molecule has 23 heavy (non-hydrogen) atoms. The summed E-state index contributed by atoms with van der Waals surface area (Å²) in [6.45, 7) is 1.17. The van der Waals surface area contributed by atoms with E-state index in [1.54, 1.807) is 4.68 Å². The molecule has 1 aromatic carbocycles. The van der Waals surface area contributed by atoms with E-state index in [1.165, 1.54) is 0 Å². The van der Waals surface area contributed by atoms with Gasteiger partial charge >= 0.3 is 0 Å². The quantitative estimate of drug-likeness (QED) is 0.817. The average molecular weight is 315 g/mol. The number of carbonyl (C=O) groups excluding carboxylic acids is 1. The third kappa shape index (κ3) is 2.57. The van der Waals surface area contributed by atoms with Crippen LogP contribution in [0.4, 0.5) is 4.39 Å². The van der Waals surface area contributed by atoms with Crippen molar-refractivity contribution in [1.82, 2.24) is 14.8 Å². The standard InChI is InChI=1S/C17H18FN3O2/c18-13-10-14(11-4-2-1-3-5-11)21-17(13)19-16(20-21)15(22)12-6-8-23-9-7-12/h1-5,12-14H,6-10H2. The van der Waals surface area contributed by atoms with Crippen LogP contribution in [-0.2, 0) is 4.74 Å². The summed E-state index contributed by atoms with van der Waals surface area (Å²) < 4.78 is 21.2. The van der Waals surface area contributed by atoms with Gasteiger partial charge in [-0.15, -0.1) is 5.10 Å². The molecule has 0 saturated carbocycles. The maximum atomic E-state index is 14.3. The highest BCUT2D eigenvalue weighted by Crippen LogP contribution is 2.39. The molecule has 0 bridgehead atoms. The molecule has 4 rings (SSSR count). The summed E-state index contributed by atoms with van der Waals surface area (Å²) in [5.74, 6) is 0.221. The molecule has 2 aliphatic heterocycles. The summed E-state index contributed by atoms with van der Waals surface area (Å²) in [6, 6.07) is 9.48. The Bertz CT molecular complexity index is 710. The SMILES string of the molecule is O=C(c1nc2n(n1)C(c1ccccc1)CC2F)C1CCOCC1. The number of hydrogen-bond donors (Lipinski definition) is 0. The molecule has 1 aromatic heterocycles. The number of Topliss-reactive ketones (excluding diaryl/α,β-unsaturated/α-hetero) is 1. The van der Waals surface area contributed by atoms with E-state index in [0.29, 0.717) is 32.5 Å². The van der Waals surface area contributed by atoms with E-state index in [2.05, 4.69) is 10.1 Å². The van der Waals surface area contributed by atoms with Gasteiger partial charge in [0.15, 0.2) is 12.0 Å². The van der Waals surface area contributed by atoms with Crippen molar-refractivity contribution in [2.24, 2.45) is 5.92 Å². The number of halogens is 1. The minimum absolute atomic E-state index is 0.0887. The molecule has 0 radical (unpaired) electrons. The number of carbonyl (C=O) groups is 1. The third-order valence-corrected chi connectivity index (χ3v) is 4.66. The van der Waals surface area contributed by atoms with Gasteiger partial charge in [0.2, 0.25) is 11.6 Å². The first-order valence-electron chi connectivity index (χ1n) is 8.01. The number of aromatic nitrogens is 3. The molecule has 0 aliphatic carbocycles. The lowest BCUT2D eigenvalue weighted by Crippen LogP contribution is -2.24. The summed E-state index contributed by atoms with van der Waals surface area (Å²) in [5, 5.41) is 4.35. The van der Waals surface area contributed by atoms with Crippen molar-refractivity contribution in [2.45, 2.75) is 31.5 Å². The van der Waals surface area contributed by atoms with Crippen molar-refractivity contribution >= 4 is 5.78 Å². The molecular weight excluding hydrogens is 297 g/mol. The Kier molecular flexibility index (Phi) is 3.69. The van der Waals surface area contributed by atoms with Crippen LogP contribution in [0.2, 0.25) is 0 Å². The van der Waals surface area contributed by atoms with Crippen LogP contribution >= 0.6 is 0 Å². The molecule has 0 N–H and O–H groups in total. The number of hydrogen-bond acceptors (Lipinski definition) is 4. The Labute approximate surface area is 133 Å². The van der Waals surface area contributed by atoms with Crippen molar-refractivity contribution < 1.29 is 13.9 Å². The number of ketones is 1. The highest BCUT2D eigenvalue weighted by Gasteiger charge is 2.37. The van der Waals surface area contributed by atoms with Crippen LogP contribution in [0.25, 0.3) is 0 Å². The van der Waals surface area contributed by atoms with Crippen LogP contribution in [-0.4, -0.2) is 33.8 Å². The van der Waals surface area contributed by atoms with E-state index >= 15 is 0 Å². The van der Waals surface area contributed by atoms with Gasteiger partial charge in [0, 0.05) is 25.6 Å². The zero-order valence-corrected chi connectivity index (χ0v) is 12.7. The maximum absolute atomic E-state index is 14.3. The van der Waals surface area contributed by atoms with Crippen LogP contribution in [0.5, 0.6) is 0 Å². The van der Waals surface area contributed by atoms with Crippen molar-refractivity contribution in [3.63, 3.8) is 0 Å². The summed E-state index contributed by atoms with van der Waals surface area (Å²) in [6.07, 6.45) is 0.516. The number of ether oxygens (including phenoxy) is 1. The lowest BCUT2D eigenvalue weighted by molar-refractivity contribution is 0.0537. The van der Waals surface area contributed by atoms with E-state index in [-0.39, 0.29) is 29.4 Å². The molecule has 3 heterocycles. The molecule has 120 valence electrons. The minimum Gasteiger partial charge on any atom is -0.381 e. The van der Waals surface area contributed by atoms with Crippen LogP contribution in [0.15, 0.2) is 30.3 Å². The Morgan fingerprint density at radius 3 is 2.70 bits per heavy atom. The fourth-order valence-electron chi connectivity index (χ4n) is 3.38. The zero-order chi connectivity index (χ0) is 15.8. The Morgan fingerprint density at radius 1 is 1.22 bits per heavy atom. The first-order valence-corrected chi connectivity index (χ1v) is 8.01. The molecule has 2 unspecified atom stereocenters. The fraction of sp³-hybridized carbons (Fsp3) is 0.471. The van der Waals surface area contributed by atoms with Gasteiger partial charge in [-0.3, -0.25) is 4.79 Å². The molecule has 1 fully saturated rings. The smallest absolute Gasteiger partial charge is 0.217 e. The predicted molar refractivity (Wildman–Crippen MR) is 80.9 cm³/mol. The van der Waals surface area contributed by atoms with Crippen LogP contribution in [0.1, 0.15) is 53.5 Å². The fourth-order valence-corrected chi connectivity index (χ4v) is 3.38. The van der Waals surface area contributed by atoms with Gasteiger partial charge in [-0.25, -0.2) is 14.1 Å². The second-order valence-electron chi connectivity index (χ2n) is 6.12. The van der Waals surface area contributed by atoms with Crippen molar-refractivity contribution in [1.29, 1.82) is 0 Å². The second kappa shape index (κ2) is 5.85. The van der Waals surface area contributed by atoms with Crippen molar-refractivity contribution in [3.8, 4) is 0 Å². The van der Waals surface area contributed by atoms with Gasteiger partial charge in [-0.2, -0.15) is 0 Å². The molecule has 0 amide bonds. The third-order valence-electron chi connectivity index (χ3n) is 4.66. The topological polar surface area (TPSA) is 57.0 Å². The number of fused-ring (bicyclic) bond motifs is 1. The van der Waals surface area contributed by atoms with Crippen LogP contribution < -0.4 is 0 Å². The van der Waals surface area contributed by atoms with Gasteiger partial charge in [0.1, 0.15) is 0 Å². The average Bonchev–Trinajstić information content (AvgIpc) is 3.17. The summed E-state index contributed by atoms with van der Waals surface area (Å²) >= 11 is 0. The first-order chi connectivity index (χ1) is 11.2. The molecule has 5 nitrogen and oxygen atoms in total. The van der Waals surface area contributed by atoms with E-state index in [0.717, 1.165) is 5.56 Å². The van der Waals surface area contributed by atoms with Gasteiger partial charge in [0.25, 0.3) is 0 Å². The number of benzene rings is 1.